The average molecular weight is 129 g/mol. The van der Waals surface area contributed by atoms with Crippen LogP contribution >= 0.6 is 0 Å². The quantitative estimate of drug-likeness (QED) is 0.522. The Labute approximate surface area is 50.4 Å². The Balaban J connectivity index is 3.96. The van der Waals surface area contributed by atoms with Gasteiger partial charge in [-0.2, -0.15) is 0 Å². The van der Waals surface area contributed by atoms with Crippen LogP contribution in [-0.4, -0.2) is 15.7 Å². The van der Waals surface area contributed by atoms with Crippen molar-refractivity contribution in [2.75, 3.05) is 7.11 Å². The molecule has 0 aliphatic rings. The lowest BCUT2D eigenvalue weighted by atomic mass is 11.2. The summed E-state index contributed by atoms with van der Waals surface area (Å²) in [5.74, 6) is 0. The van der Waals surface area contributed by atoms with Gasteiger partial charge in [0.2, 0.25) is 0 Å². The molecule has 0 fully saturated rings. The van der Waals surface area contributed by atoms with Crippen LogP contribution in [0.1, 0.15) is 0 Å². The van der Waals surface area contributed by atoms with Crippen LogP contribution < -0.4 is 0 Å². The van der Waals surface area contributed by atoms with E-state index < -0.39 is 8.56 Å². The second-order valence-electron chi connectivity index (χ2n) is 1.33. The smallest absolute Gasteiger partial charge is 0.390 e. The van der Waals surface area contributed by atoms with E-state index in [0.29, 0.717) is 0 Å². The summed E-state index contributed by atoms with van der Waals surface area (Å²) in [6.45, 7) is 6.65. The molecule has 0 atom stereocenters. The highest BCUT2D eigenvalue weighted by Crippen LogP contribution is 2.00. The van der Waals surface area contributed by atoms with E-state index in [1.165, 1.54) is 18.5 Å². The van der Waals surface area contributed by atoms with E-state index in [4.69, 9.17) is 0 Å². The predicted molar refractivity (Wildman–Crippen MR) is 33.8 cm³/mol. The molecule has 0 aliphatic carbocycles. The molecule has 0 amide bonds. The molecule has 0 heterocycles. The zero-order chi connectivity index (χ0) is 6.62. The van der Waals surface area contributed by atoms with E-state index in [0.717, 1.165) is 0 Å². The maximum absolute atomic E-state index is 10.9. The van der Waals surface area contributed by atoms with Crippen molar-refractivity contribution in [3.8, 4) is 0 Å². The van der Waals surface area contributed by atoms with Crippen LogP contribution in [0.15, 0.2) is 24.6 Å². The van der Waals surface area contributed by atoms with Gasteiger partial charge in [-0.3, -0.25) is 0 Å². The molecular formula is C5H9O2Si. The third kappa shape index (κ3) is 1.61. The van der Waals surface area contributed by atoms with E-state index in [9.17, 15) is 4.80 Å². The molecule has 1 radical (unpaired) electrons. The lowest BCUT2D eigenvalue weighted by Gasteiger charge is -2.07. The van der Waals surface area contributed by atoms with Gasteiger partial charge >= 0.3 is 8.56 Å². The largest absolute Gasteiger partial charge is 0.422 e. The SMILES string of the molecule is C=C[Si]([O])(C=C)OC. The van der Waals surface area contributed by atoms with Crippen molar-refractivity contribution in [3.63, 3.8) is 0 Å². The molecule has 0 bridgehead atoms. The standard InChI is InChI=1S/C5H9O2Si/c1-4-8(6,5-2)7-3/h4-5H,1-2H2,3H3. The lowest BCUT2D eigenvalue weighted by molar-refractivity contribution is 0.272. The summed E-state index contributed by atoms with van der Waals surface area (Å²) in [7, 11) is -1.52. The topological polar surface area (TPSA) is 29.1 Å². The summed E-state index contributed by atoms with van der Waals surface area (Å²) >= 11 is 0. The Hall–Kier alpha value is -0.383. The number of rotatable bonds is 3. The van der Waals surface area contributed by atoms with Gasteiger partial charge in [0, 0.05) is 7.11 Å². The minimum absolute atomic E-state index is 1.29. The van der Waals surface area contributed by atoms with Gasteiger partial charge in [0.05, 0.1) is 0 Å². The van der Waals surface area contributed by atoms with Gasteiger partial charge in [-0.05, 0) is 11.4 Å². The molecule has 0 aromatic rings. The summed E-state index contributed by atoms with van der Waals surface area (Å²) in [5.41, 5.74) is 2.58. The van der Waals surface area contributed by atoms with Crippen LogP contribution in [-0.2, 0) is 9.22 Å². The molecule has 3 heteroatoms. The molecule has 8 heavy (non-hydrogen) atoms. The molecule has 2 nitrogen and oxygen atoms in total. The Bertz CT molecular complexity index is 92.6. The van der Waals surface area contributed by atoms with Crippen LogP contribution in [0.4, 0.5) is 0 Å². The van der Waals surface area contributed by atoms with Gasteiger partial charge in [0.25, 0.3) is 0 Å². The van der Waals surface area contributed by atoms with Gasteiger partial charge in [0.15, 0.2) is 0 Å². The van der Waals surface area contributed by atoms with Crippen molar-refractivity contribution >= 4 is 8.56 Å². The van der Waals surface area contributed by atoms with Gasteiger partial charge in [-0.25, -0.2) is 4.80 Å². The first-order valence-electron chi connectivity index (χ1n) is 2.21. The van der Waals surface area contributed by atoms with Crippen LogP contribution in [0.2, 0.25) is 0 Å². The van der Waals surface area contributed by atoms with E-state index in [1.54, 1.807) is 0 Å². The van der Waals surface area contributed by atoms with Crippen molar-refractivity contribution < 1.29 is 9.22 Å². The van der Waals surface area contributed by atoms with Crippen LogP contribution in [0.25, 0.3) is 0 Å². The fraction of sp³-hybridized carbons (Fsp3) is 0.200. The van der Waals surface area contributed by atoms with E-state index in [-0.39, 0.29) is 0 Å². The summed E-state index contributed by atoms with van der Waals surface area (Å²) in [5, 5.41) is 0. The molecule has 45 valence electrons. The Morgan fingerprint density at radius 1 is 1.50 bits per heavy atom. The number of hydrogen-bond acceptors (Lipinski definition) is 1. The molecule has 0 N–H and O–H groups in total. The third-order valence-electron chi connectivity index (χ3n) is 0.888. The minimum Gasteiger partial charge on any atom is -0.390 e. The monoisotopic (exact) mass is 129 g/mol. The normalized spacial score (nSPS) is 10.8. The molecule has 0 aliphatic heterocycles. The maximum atomic E-state index is 10.9. The van der Waals surface area contributed by atoms with Gasteiger partial charge in [-0.15, -0.1) is 13.2 Å². The van der Waals surface area contributed by atoms with Crippen molar-refractivity contribution in [2.45, 2.75) is 0 Å². The van der Waals surface area contributed by atoms with E-state index in [1.807, 2.05) is 0 Å². The molecule has 0 saturated carbocycles. The summed E-state index contributed by atoms with van der Waals surface area (Å²) in [6, 6.07) is 0. The average Bonchev–Trinajstić information content (AvgIpc) is 1.87. The summed E-state index contributed by atoms with van der Waals surface area (Å²) in [6.07, 6.45) is 0. The Kier molecular flexibility index (Phi) is 2.68. The first kappa shape index (κ1) is 7.62. The highest BCUT2D eigenvalue weighted by molar-refractivity contribution is 6.75. The van der Waals surface area contributed by atoms with Crippen molar-refractivity contribution in [3.05, 3.63) is 24.6 Å². The van der Waals surface area contributed by atoms with Crippen molar-refractivity contribution in [2.24, 2.45) is 0 Å². The van der Waals surface area contributed by atoms with Crippen molar-refractivity contribution in [1.82, 2.24) is 0 Å². The fourth-order valence-corrected chi connectivity index (χ4v) is 0.750. The molecule has 0 aromatic heterocycles. The zero-order valence-corrected chi connectivity index (χ0v) is 5.89. The third-order valence-corrected chi connectivity index (χ3v) is 2.66. The van der Waals surface area contributed by atoms with Crippen LogP contribution in [0.3, 0.4) is 0 Å². The lowest BCUT2D eigenvalue weighted by Crippen LogP contribution is -2.30. The predicted octanol–water partition coefficient (Wildman–Crippen LogP) is 0.956. The first-order chi connectivity index (χ1) is 3.68. The van der Waals surface area contributed by atoms with Crippen LogP contribution in [0.5, 0.6) is 0 Å². The van der Waals surface area contributed by atoms with E-state index >= 15 is 0 Å². The Morgan fingerprint density at radius 2 is 1.88 bits per heavy atom. The minimum atomic E-state index is -2.89. The number of hydrogen-bond donors (Lipinski definition) is 0. The molecule has 0 spiro atoms. The molecule has 0 saturated heterocycles. The fourth-order valence-electron chi connectivity index (χ4n) is 0.250. The first-order valence-corrected chi connectivity index (χ1v) is 4.18. The zero-order valence-electron chi connectivity index (χ0n) is 4.89. The van der Waals surface area contributed by atoms with E-state index in [2.05, 4.69) is 17.6 Å². The highest BCUT2D eigenvalue weighted by atomic mass is 28.4. The highest BCUT2D eigenvalue weighted by Gasteiger charge is 2.25. The maximum Gasteiger partial charge on any atom is 0.422 e. The van der Waals surface area contributed by atoms with Crippen molar-refractivity contribution in [1.29, 1.82) is 0 Å². The van der Waals surface area contributed by atoms with Gasteiger partial charge in [0.1, 0.15) is 0 Å². The Morgan fingerprint density at radius 3 is 1.88 bits per heavy atom. The summed E-state index contributed by atoms with van der Waals surface area (Å²) < 4.78 is 4.58. The second-order valence-corrected chi connectivity index (χ2v) is 4.00. The molecule has 0 aromatic carbocycles. The summed E-state index contributed by atoms with van der Waals surface area (Å²) in [4.78, 5) is 10.9. The van der Waals surface area contributed by atoms with Gasteiger partial charge < -0.3 is 4.43 Å². The van der Waals surface area contributed by atoms with Gasteiger partial charge in [-0.1, -0.05) is 0 Å². The second kappa shape index (κ2) is 2.81. The molecular weight excluding hydrogens is 120 g/mol. The molecule has 0 unspecified atom stereocenters. The molecule has 0 rings (SSSR count). The van der Waals surface area contributed by atoms with Crippen LogP contribution in [0, 0.1) is 0 Å².